The molecule has 0 radical (unpaired) electrons. The highest BCUT2D eigenvalue weighted by molar-refractivity contribution is 6.09. The first kappa shape index (κ1) is 39.8. The van der Waals surface area contributed by atoms with E-state index < -0.39 is 5.41 Å². The Labute approximate surface area is 405 Å². The molecule has 0 atom stereocenters. The van der Waals surface area contributed by atoms with Crippen molar-refractivity contribution >= 4 is 21.8 Å². The zero-order valence-corrected chi connectivity index (χ0v) is 37.8. The van der Waals surface area contributed by atoms with Crippen LogP contribution in [-0.2, 0) is 5.41 Å². The van der Waals surface area contributed by atoms with Gasteiger partial charge in [0, 0.05) is 38.7 Å². The van der Waals surface area contributed by atoms with Gasteiger partial charge in [0.25, 0.3) is 0 Å². The summed E-state index contributed by atoms with van der Waals surface area (Å²) in [6.45, 7) is 0. The zero-order chi connectivity index (χ0) is 46.2. The van der Waals surface area contributed by atoms with E-state index in [0.29, 0.717) is 28.8 Å². The van der Waals surface area contributed by atoms with Gasteiger partial charge in [-0.25, -0.2) is 9.97 Å². The van der Waals surface area contributed by atoms with E-state index >= 15 is 0 Å². The minimum absolute atomic E-state index is 0.558. The third-order valence-electron chi connectivity index (χ3n) is 14.2. The molecule has 0 bridgehead atoms. The molecule has 0 amide bonds. The van der Waals surface area contributed by atoms with Crippen LogP contribution in [0.1, 0.15) is 22.3 Å². The third kappa shape index (κ3) is 6.11. The summed E-state index contributed by atoms with van der Waals surface area (Å²) in [5, 5.41) is 2.46. The Morgan fingerprint density at radius 1 is 0.357 bits per heavy atom. The molecule has 2 aromatic heterocycles. The van der Waals surface area contributed by atoms with E-state index in [-0.39, 0.29) is 0 Å². The molecule has 10 aromatic carbocycles. The maximum Gasteiger partial charge on any atom is 0.178 e. The van der Waals surface area contributed by atoms with E-state index in [2.05, 4.69) is 241 Å². The van der Waals surface area contributed by atoms with Crippen LogP contribution in [0.3, 0.4) is 0 Å². The maximum absolute atomic E-state index is 7.14. The van der Waals surface area contributed by atoms with Crippen LogP contribution >= 0.6 is 0 Å². The molecule has 12 aromatic rings. The maximum atomic E-state index is 7.14. The first-order valence-corrected chi connectivity index (χ1v) is 23.7. The van der Waals surface area contributed by atoms with Crippen molar-refractivity contribution in [3.05, 3.63) is 271 Å². The molecule has 3 heterocycles. The SMILES string of the molecule is c1ccc(-c2cc(-c3ccccc3-c3ccc4c(c3)Oc3c(ccc5c3-c3ccccc3C5(c3ccccc3)c3ccccc3)O4)nc(-c3ccc(-n4c5ccccc5c5ccccc54)cc3)n2)cc1. The first-order chi connectivity index (χ1) is 34.7. The predicted molar refractivity (Wildman–Crippen MR) is 282 cm³/mol. The number of ether oxygens (including phenoxy) is 2. The minimum atomic E-state index is -0.558. The van der Waals surface area contributed by atoms with E-state index in [0.717, 1.165) is 61.6 Å². The largest absolute Gasteiger partial charge is 0.449 e. The lowest BCUT2D eigenvalue weighted by Gasteiger charge is -2.34. The molecule has 1 aliphatic heterocycles. The molecule has 14 rings (SSSR count). The van der Waals surface area contributed by atoms with Crippen molar-refractivity contribution in [3.8, 4) is 84.8 Å². The van der Waals surface area contributed by atoms with Crippen LogP contribution in [-0.4, -0.2) is 14.5 Å². The molecule has 0 unspecified atom stereocenters. The second-order valence-electron chi connectivity index (χ2n) is 18.0. The standard InChI is InChI=1S/C65H41N3O2/c1-4-18-42(19-5-1)55-41-56(67-64(66-55)43-32-35-47(36-33-43)68-57-30-16-13-26-50(57)51-27-14-17-31-58(51)68)49-25-11-10-24-48(49)44-34-38-59-61(40-44)70-63-60(69-59)39-37-54-62(63)52-28-12-15-29-53(52)65(54,45-20-6-2-7-21-45)46-22-8-3-9-23-46/h1-41H. The van der Waals surface area contributed by atoms with Gasteiger partial charge in [-0.2, -0.15) is 0 Å². The number of fused-ring (bicyclic) bond motifs is 9. The second kappa shape index (κ2) is 15.9. The Morgan fingerprint density at radius 2 is 0.914 bits per heavy atom. The van der Waals surface area contributed by atoms with Gasteiger partial charge >= 0.3 is 0 Å². The zero-order valence-electron chi connectivity index (χ0n) is 37.8. The molecular formula is C65H41N3O2. The Hall–Kier alpha value is -9.32. The number of para-hydroxylation sites is 2. The fourth-order valence-corrected chi connectivity index (χ4v) is 11.1. The van der Waals surface area contributed by atoms with Gasteiger partial charge in [-0.3, -0.25) is 0 Å². The summed E-state index contributed by atoms with van der Waals surface area (Å²) in [5.74, 6) is 3.37. The summed E-state index contributed by atoms with van der Waals surface area (Å²) in [4.78, 5) is 10.6. The van der Waals surface area contributed by atoms with Gasteiger partial charge in [-0.1, -0.05) is 188 Å². The molecule has 0 fully saturated rings. The number of nitrogens with zero attached hydrogens (tertiary/aromatic N) is 3. The van der Waals surface area contributed by atoms with E-state index in [1.807, 2.05) is 12.1 Å². The fraction of sp³-hybridized carbons (Fsp3) is 0.0154. The van der Waals surface area contributed by atoms with Crippen LogP contribution in [0.5, 0.6) is 23.0 Å². The van der Waals surface area contributed by atoms with Gasteiger partial charge in [0.15, 0.2) is 28.8 Å². The fourth-order valence-electron chi connectivity index (χ4n) is 11.1. The smallest absolute Gasteiger partial charge is 0.178 e. The van der Waals surface area contributed by atoms with Gasteiger partial charge < -0.3 is 14.0 Å². The average molecular weight is 896 g/mol. The van der Waals surface area contributed by atoms with Crippen LogP contribution in [0, 0.1) is 0 Å². The predicted octanol–water partition coefficient (Wildman–Crippen LogP) is 16.5. The Kier molecular flexibility index (Phi) is 9.04. The molecule has 1 aliphatic carbocycles. The number of benzene rings is 10. The van der Waals surface area contributed by atoms with Crippen molar-refractivity contribution in [2.75, 3.05) is 0 Å². The summed E-state index contributed by atoms with van der Waals surface area (Å²) in [6.07, 6.45) is 0. The topological polar surface area (TPSA) is 49.2 Å². The van der Waals surface area contributed by atoms with Gasteiger partial charge in [0.05, 0.1) is 27.8 Å². The molecule has 0 spiro atoms. The molecule has 328 valence electrons. The van der Waals surface area contributed by atoms with Gasteiger partial charge in [-0.15, -0.1) is 0 Å². The summed E-state index contributed by atoms with van der Waals surface area (Å²) >= 11 is 0. The van der Waals surface area contributed by atoms with Crippen molar-refractivity contribution in [2.45, 2.75) is 5.41 Å². The number of aromatic nitrogens is 3. The van der Waals surface area contributed by atoms with E-state index in [9.17, 15) is 0 Å². The van der Waals surface area contributed by atoms with Crippen LogP contribution in [0.15, 0.2) is 249 Å². The second-order valence-corrected chi connectivity index (χ2v) is 18.0. The summed E-state index contributed by atoms with van der Waals surface area (Å²) in [5.41, 5.74) is 16.4. The molecule has 2 aliphatic rings. The van der Waals surface area contributed by atoms with Gasteiger partial charge in [-0.05, 0) is 99.6 Å². The number of hydrogen-bond acceptors (Lipinski definition) is 4. The Bertz CT molecular complexity index is 3900. The normalized spacial score (nSPS) is 12.9. The molecular weight excluding hydrogens is 855 g/mol. The number of hydrogen-bond donors (Lipinski definition) is 0. The third-order valence-corrected chi connectivity index (χ3v) is 14.2. The van der Waals surface area contributed by atoms with Crippen LogP contribution in [0.2, 0.25) is 0 Å². The van der Waals surface area contributed by atoms with Gasteiger partial charge in [0.2, 0.25) is 0 Å². The number of rotatable bonds is 7. The van der Waals surface area contributed by atoms with Crippen LogP contribution < -0.4 is 9.47 Å². The van der Waals surface area contributed by atoms with Crippen LogP contribution in [0.4, 0.5) is 0 Å². The lowest BCUT2D eigenvalue weighted by Crippen LogP contribution is -2.28. The van der Waals surface area contributed by atoms with Gasteiger partial charge in [0.1, 0.15) is 0 Å². The first-order valence-electron chi connectivity index (χ1n) is 23.7. The highest BCUT2D eigenvalue weighted by Crippen LogP contribution is 2.62. The van der Waals surface area contributed by atoms with Crippen LogP contribution in [0.25, 0.3) is 83.6 Å². The highest BCUT2D eigenvalue weighted by Gasteiger charge is 2.48. The Balaban J connectivity index is 0.871. The average Bonchev–Trinajstić information content (AvgIpc) is 3.94. The van der Waals surface area contributed by atoms with Crippen molar-refractivity contribution in [2.24, 2.45) is 0 Å². The van der Waals surface area contributed by atoms with Crippen molar-refractivity contribution in [1.29, 1.82) is 0 Å². The lowest BCUT2D eigenvalue weighted by molar-refractivity contribution is 0.360. The lowest BCUT2D eigenvalue weighted by atomic mass is 9.68. The van der Waals surface area contributed by atoms with Crippen molar-refractivity contribution in [1.82, 2.24) is 14.5 Å². The highest BCUT2D eigenvalue weighted by atomic mass is 16.6. The monoisotopic (exact) mass is 895 g/mol. The van der Waals surface area contributed by atoms with E-state index in [1.54, 1.807) is 0 Å². The summed E-state index contributed by atoms with van der Waals surface area (Å²) in [6, 6.07) is 87.6. The van der Waals surface area contributed by atoms with Crippen molar-refractivity contribution < 1.29 is 9.47 Å². The quantitative estimate of drug-likeness (QED) is 0.160. The molecule has 5 nitrogen and oxygen atoms in total. The molecule has 5 heteroatoms. The van der Waals surface area contributed by atoms with E-state index in [1.165, 1.54) is 38.5 Å². The molecule has 0 saturated heterocycles. The van der Waals surface area contributed by atoms with Crippen molar-refractivity contribution in [3.63, 3.8) is 0 Å². The molecule has 70 heavy (non-hydrogen) atoms. The summed E-state index contributed by atoms with van der Waals surface area (Å²) in [7, 11) is 0. The minimum Gasteiger partial charge on any atom is -0.449 e. The van der Waals surface area contributed by atoms with E-state index in [4.69, 9.17) is 19.4 Å². The molecule has 0 saturated carbocycles. The Morgan fingerprint density at radius 3 is 1.61 bits per heavy atom. The molecule has 0 N–H and O–H groups in total. The summed E-state index contributed by atoms with van der Waals surface area (Å²) < 4.78 is 16.2.